The molecule has 1 fully saturated rings. The van der Waals surface area contributed by atoms with Gasteiger partial charge in [0.15, 0.2) is 0 Å². The van der Waals surface area contributed by atoms with Crippen LogP contribution < -0.4 is 5.32 Å². The van der Waals surface area contributed by atoms with E-state index in [1.165, 1.54) is 18.5 Å². The lowest BCUT2D eigenvalue weighted by atomic mass is 9.96. The Morgan fingerprint density at radius 2 is 2.42 bits per heavy atom. The number of nitrogens with one attached hydrogen (secondary N) is 1. The topological polar surface area (TPSA) is 42.3 Å². The summed E-state index contributed by atoms with van der Waals surface area (Å²) in [7, 11) is 3.88. The maximum atomic E-state index is 5.10. The number of ether oxygens (including phenoxy) is 1. The minimum Gasteiger partial charge on any atom is -0.383 e. The molecule has 1 aliphatic heterocycles. The number of piperidine rings is 1. The Morgan fingerprint density at radius 3 is 3.16 bits per heavy atom. The average Bonchev–Trinajstić information content (AvgIpc) is 2.92. The average molecular weight is 266 g/mol. The summed E-state index contributed by atoms with van der Waals surface area (Å²) in [5.74, 6) is 0.625. The standard InChI is InChI=1S/C14H26N4O/c1-17(8-9-19-2)6-7-18-12-16-11-14(18)13-4-3-5-15-10-13/h11-13,15H,3-10H2,1-2H3. The summed E-state index contributed by atoms with van der Waals surface area (Å²) >= 11 is 0. The van der Waals surface area contributed by atoms with Crippen LogP contribution in [0.5, 0.6) is 0 Å². The lowest BCUT2D eigenvalue weighted by Crippen LogP contribution is -2.31. The van der Waals surface area contributed by atoms with Crippen molar-refractivity contribution in [2.24, 2.45) is 0 Å². The monoisotopic (exact) mass is 266 g/mol. The molecular formula is C14H26N4O. The highest BCUT2D eigenvalue weighted by atomic mass is 16.5. The minimum atomic E-state index is 0.625. The van der Waals surface area contributed by atoms with Gasteiger partial charge in [-0.05, 0) is 26.4 Å². The molecule has 19 heavy (non-hydrogen) atoms. The van der Waals surface area contributed by atoms with Gasteiger partial charge in [0.25, 0.3) is 0 Å². The number of imidazole rings is 1. The van der Waals surface area contributed by atoms with Crippen molar-refractivity contribution in [1.82, 2.24) is 19.8 Å². The Hall–Kier alpha value is -0.910. The Labute approximate surface area is 116 Å². The van der Waals surface area contributed by atoms with E-state index in [4.69, 9.17) is 4.74 Å². The summed E-state index contributed by atoms with van der Waals surface area (Å²) < 4.78 is 7.41. The Bertz CT molecular complexity index is 360. The predicted molar refractivity (Wildman–Crippen MR) is 76.4 cm³/mol. The number of likely N-dealkylation sites (N-methyl/N-ethyl adjacent to an activating group) is 1. The highest BCUT2D eigenvalue weighted by Crippen LogP contribution is 2.22. The van der Waals surface area contributed by atoms with E-state index in [9.17, 15) is 0 Å². The smallest absolute Gasteiger partial charge is 0.0948 e. The van der Waals surface area contributed by atoms with Crippen LogP contribution in [0.25, 0.3) is 0 Å². The maximum Gasteiger partial charge on any atom is 0.0948 e. The third kappa shape index (κ3) is 4.30. The van der Waals surface area contributed by atoms with Crippen LogP contribution in [0, 0.1) is 0 Å². The van der Waals surface area contributed by atoms with Crippen molar-refractivity contribution in [2.75, 3.05) is 46.9 Å². The number of hydrogen-bond acceptors (Lipinski definition) is 4. The van der Waals surface area contributed by atoms with Gasteiger partial charge in [0.2, 0.25) is 0 Å². The Kier molecular flexibility index (Phi) is 5.82. The summed E-state index contributed by atoms with van der Waals surface area (Å²) in [5, 5.41) is 3.48. The molecule has 0 bridgehead atoms. The zero-order chi connectivity index (χ0) is 13.5. The molecule has 1 aliphatic rings. The molecule has 5 nitrogen and oxygen atoms in total. The molecule has 1 unspecified atom stereocenters. The van der Waals surface area contributed by atoms with Crippen LogP contribution in [0.2, 0.25) is 0 Å². The molecule has 0 spiro atoms. The zero-order valence-electron chi connectivity index (χ0n) is 12.1. The normalized spacial score (nSPS) is 20.1. The molecule has 1 atom stereocenters. The summed E-state index contributed by atoms with van der Waals surface area (Å²) in [5.41, 5.74) is 1.38. The van der Waals surface area contributed by atoms with Crippen LogP contribution in [0.1, 0.15) is 24.5 Å². The van der Waals surface area contributed by atoms with Crippen molar-refractivity contribution in [3.63, 3.8) is 0 Å². The molecule has 5 heteroatoms. The van der Waals surface area contributed by atoms with Gasteiger partial charge in [-0.1, -0.05) is 0 Å². The zero-order valence-corrected chi connectivity index (χ0v) is 12.1. The van der Waals surface area contributed by atoms with E-state index >= 15 is 0 Å². The molecule has 0 radical (unpaired) electrons. The van der Waals surface area contributed by atoms with Gasteiger partial charge in [-0.2, -0.15) is 0 Å². The number of methoxy groups -OCH3 is 1. The van der Waals surface area contributed by atoms with Crippen molar-refractivity contribution in [3.8, 4) is 0 Å². The van der Waals surface area contributed by atoms with E-state index in [1.54, 1.807) is 7.11 Å². The molecule has 0 aromatic carbocycles. The van der Waals surface area contributed by atoms with Gasteiger partial charge in [0, 0.05) is 51.1 Å². The van der Waals surface area contributed by atoms with Gasteiger partial charge in [0.05, 0.1) is 12.9 Å². The Morgan fingerprint density at radius 1 is 1.53 bits per heavy atom. The minimum absolute atomic E-state index is 0.625. The quantitative estimate of drug-likeness (QED) is 0.797. The van der Waals surface area contributed by atoms with Crippen LogP contribution in [0.3, 0.4) is 0 Å². The lowest BCUT2D eigenvalue weighted by molar-refractivity contribution is 0.159. The molecular weight excluding hydrogens is 240 g/mol. The molecule has 1 N–H and O–H groups in total. The van der Waals surface area contributed by atoms with Gasteiger partial charge in [-0.25, -0.2) is 4.98 Å². The maximum absolute atomic E-state index is 5.10. The van der Waals surface area contributed by atoms with Crippen LogP contribution in [-0.2, 0) is 11.3 Å². The third-order valence-electron chi connectivity index (χ3n) is 3.86. The van der Waals surface area contributed by atoms with E-state index in [1.807, 2.05) is 12.5 Å². The van der Waals surface area contributed by atoms with Crippen LogP contribution in [0.4, 0.5) is 0 Å². The lowest BCUT2D eigenvalue weighted by Gasteiger charge is -2.24. The van der Waals surface area contributed by atoms with Crippen LogP contribution in [-0.4, -0.2) is 61.4 Å². The highest BCUT2D eigenvalue weighted by Gasteiger charge is 2.18. The number of aromatic nitrogens is 2. The number of hydrogen-bond donors (Lipinski definition) is 1. The van der Waals surface area contributed by atoms with E-state index in [-0.39, 0.29) is 0 Å². The van der Waals surface area contributed by atoms with Crippen LogP contribution in [0.15, 0.2) is 12.5 Å². The second-order valence-corrected chi connectivity index (χ2v) is 5.35. The number of nitrogens with zero attached hydrogens (tertiary/aromatic N) is 3. The first-order chi connectivity index (χ1) is 9.31. The number of rotatable bonds is 7. The molecule has 2 heterocycles. The second kappa shape index (κ2) is 7.62. The van der Waals surface area contributed by atoms with Crippen molar-refractivity contribution >= 4 is 0 Å². The van der Waals surface area contributed by atoms with Gasteiger partial charge in [0.1, 0.15) is 0 Å². The SMILES string of the molecule is COCCN(C)CCn1cncc1C1CCCNC1. The van der Waals surface area contributed by atoms with E-state index in [0.717, 1.165) is 39.3 Å². The van der Waals surface area contributed by atoms with Crippen molar-refractivity contribution < 1.29 is 4.74 Å². The molecule has 0 amide bonds. The largest absolute Gasteiger partial charge is 0.383 e. The summed E-state index contributed by atoms with van der Waals surface area (Å²) in [4.78, 5) is 6.63. The summed E-state index contributed by atoms with van der Waals surface area (Å²) in [6.07, 6.45) is 6.54. The molecule has 1 saturated heterocycles. The Balaban J connectivity index is 1.85. The fourth-order valence-corrected chi connectivity index (χ4v) is 2.60. The summed E-state index contributed by atoms with van der Waals surface area (Å²) in [6.45, 7) is 6.06. The first-order valence-corrected chi connectivity index (χ1v) is 7.19. The molecule has 0 saturated carbocycles. The highest BCUT2D eigenvalue weighted by molar-refractivity contribution is 5.08. The first-order valence-electron chi connectivity index (χ1n) is 7.19. The van der Waals surface area contributed by atoms with Gasteiger partial charge in [-0.3, -0.25) is 0 Å². The predicted octanol–water partition coefficient (Wildman–Crippen LogP) is 0.928. The van der Waals surface area contributed by atoms with Crippen LogP contribution >= 0.6 is 0 Å². The molecule has 2 rings (SSSR count). The molecule has 1 aromatic rings. The van der Waals surface area contributed by atoms with Crippen molar-refractivity contribution in [1.29, 1.82) is 0 Å². The third-order valence-corrected chi connectivity index (χ3v) is 3.86. The van der Waals surface area contributed by atoms with E-state index in [2.05, 4.69) is 26.8 Å². The fourth-order valence-electron chi connectivity index (χ4n) is 2.60. The molecule has 0 aliphatic carbocycles. The fraction of sp³-hybridized carbons (Fsp3) is 0.786. The second-order valence-electron chi connectivity index (χ2n) is 5.35. The van der Waals surface area contributed by atoms with E-state index < -0.39 is 0 Å². The molecule has 108 valence electrons. The summed E-state index contributed by atoms with van der Waals surface area (Å²) in [6, 6.07) is 0. The van der Waals surface area contributed by atoms with Gasteiger partial charge < -0.3 is 19.5 Å². The van der Waals surface area contributed by atoms with Crippen molar-refractivity contribution in [2.45, 2.75) is 25.3 Å². The van der Waals surface area contributed by atoms with Crippen molar-refractivity contribution in [3.05, 3.63) is 18.2 Å². The molecule has 1 aromatic heterocycles. The van der Waals surface area contributed by atoms with E-state index in [0.29, 0.717) is 5.92 Å². The first kappa shape index (κ1) is 14.5. The van der Waals surface area contributed by atoms with Gasteiger partial charge >= 0.3 is 0 Å². The van der Waals surface area contributed by atoms with Gasteiger partial charge in [-0.15, -0.1) is 0 Å².